The first-order valence-corrected chi connectivity index (χ1v) is 24.5. The summed E-state index contributed by atoms with van der Waals surface area (Å²) in [4.78, 5) is 97.3. The van der Waals surface area contributed by atoms with E-state index >= 15 is 8.78 Å². The lowest BCUT2D eigenvalue weighted by Crippen LogP contribution is -2.54. The number of aromatic hydroxyl groups is 1. The number of amides is 6. The Kier molecular flexibility index (Phi) is 12.2. The van der Waals surface area contributed by atoms with E-state index in [-0.39, 0.29) is 113 Å². The molecule has 11 rings (SSSR count). The standard InChI is InChI=1S/C53H50F2N10O9/c1-4-34-39(54)10-5-28-17-33(66)19-37(43(28)34)45-44(55)46-38(21-56-45)47(63-23-30-6-7-31(24-63)57-30)61-51(60-46)74-26-53-15-13-32(64(53)22-27(2)20-53)25-73-52(72)62(3)16-14-42(68)58-29-8-9-35-36(18-29)50(71)65(49(35)70)40-11-12-41(67)59-48(40)69/h1,5,8-10,17-19,21,30-32,40,57,66H,2,6-7,11-16,20,22-26H2,3H3,(H,58,68)(H,59,67,69)/t30?,31?,32-,40?,53-/m0/s1. The highest BCUT2D eigenvalue weighted by Crippen LogP contribution is 2.45. The van der Waals surface area contributed by atoms with Crippen LogP contribution in [0.5, 0.6) is 11.8 Å². The fraction of sp³-hybridized carbons (Fsp3) is 0.377. The maximum Gasteiger partial charge on any atom is 0.409 e. The lowest BCUT2D eigenvalue weighted by molar-refractivity contribution is -0.136. The average molecular weight is 1010 g/mol. The molecule has 4 N–H and O–H groups in total. The summed E-state index contributed by atoms with van der Waals surface area (Å²) in [5, 5.41) is 20.2. The van der Waals surface area contributed by atoms with Gasteiger partial charge < -0.3 is 35.0 Å². The second kappa shape index (κ2) is 18.8. The first-order chi connectivity index (χ1) is 35.6. The summed E-state index contributed by atoms with van der Waals surface area (Å²) < 4.78 is 44.6. The van der Waals surface area contributed by atoms with Crippen LogP contribution < -0.4 is 25.6 Å². The number of piperazine rings is 1. The van der Waals surface area contributed by atoms with Crippen LogP contribution in [0.2, 0.25) is 0 Å². The first-order valence-electron chi connectivity index (χ1n) is 24.5. The van der Waals surface area contributed by atoms with E-state index in [9.17, 15) is 33.9 Å². The third-order valence-corrected chi connectivity index (χ3v) is 15.2. The maximum atomic E-state index is 17.2. The van der Waals surface area contributed by atoms with E-state index in [2.05, 4.69) is 48.2 Å². The van der Waals surface area contributed by atoms with Crippen molar-refractivity contribution in [2.24, 2.45) is 0 Å². The number of phenols is 1. The van der Waals surface area contributed by atoms with Crippen molar-refractivity contribution in [3.05, 3.63) is 89.1 Å². The van der Waals surface area contributed by atoms with Gasteiger partial charge in [-0.2, -0.15) is 9.97 Å². The molecule has 380 valence electrons. The number of benzene rings is 3. The molecule has 5 saturated heterocycles. The summed E-state index contributed by atoms with van der Waals surface area (Å²) in [7, 11) is 1.51. The van der Waals surface area contributed by atoms with Gasteiger partial charge >= 0.3 is 12.1 Å². The van der Waals surface area contributed by atoms with Crippen molar-refractivity contribution in [1.82, 2.24) is 40.3 Å². The molecule has 0 spiro atoms. The zero-order valence-electron chi connectivity index (χ0n) is 40.2. The summed E-state index contributed by atoms with van der Waals surface area (Å²) in [6, 6.07) is 8.63. The van der Waals surface area contributed by atoms with Crippen LogP contribution >= 0.6 is 0 Å². The van der Waals surface area contributed by atoms with Gasteiger partial charge in [-0.25, -0.2) is 13.6 Å². The second-order valence-electron chi connectivity index (χ2n) is 20.0. The molecule has 6 aliphatic rings. The number of imide groups is 2. The van der Waals surface area contributed by atoms with Crippen LogP contribution in [0.1, 0.15) is 77.6 Å². The molecule has 8 heterocycles. The predicted octanol–water partition coefficient (Wildman–Crippen LogP) is 4.79. The van der Waals surface area contributed by atoms with Crippen molar-refractivity contribution in [2.45, 2.75) is 81.1 Å². The van der Waals surface area contributed by atoms with Crippen molar-refractivity contribution in [2.75, 3.05) is 56.7 Å². The number of piperidine rings is 1. The average Bonchev–Trinajstić information content (AvgIpc) is 4.08. The number of ether oxygens (including phenoxy) is 2. The minimum atomic E-state index is -1.12. The number of terminal acetylenes is 1. The number of rotatable bonds is 12. The number of fused-ring (bicyclic) bond motifs is 6. The summed E-state index contributed by atoms with van der Waals surface area (Å²) >= 11 is 0. The Morgan fingerprint density at radius 3 is 2.57 bits per heavy atom. The number of halogens is 2. The molecule has 74 heavy (non-hydrogen) atoms. The Morgan fingerprint density at radius 2 is 1.80 bits per heavy atom. The fourth-order valence-electron chi connectivity index (χ4n) is 11.6. The van der Waals surface area contributed by atoms with E-state index in [1.807, 2.05) is 0 Å². The minimum Gasteiger partial charge on any atom is -0.508 e. The molecular formula is C53H50F2N10O9. The number of nitrogens with one attached hydrogen (secondary N) is 3. The van der Waals surface area contributed by atoms with Crippen LogP contribution in [0.4, 0.5) is 25.1 Å². The number of carbonyl (C=O) groups excluding carboxylic acids is 6. The van der Waals surface area contributed by atoms with Crippen LogP contribution in [0.15, 0.2) is 60.8 Å². The Hall–Kier alpha value is -8.09. The molecule has 5 aromatic rings. The van der Waals surface area contributed by atoms with Gasteiger partial charge in [-0.1, -0.05) is 24.1 Å². The number of phenolic OH excluding ortho intramolecular Hbond substituents is 1. The van der Waals surface area contributed by atoms with E-state index < -0.39 is 58.8 Å². The SMILES string of the molecule is C#Cc1c(F)ccc2cc(O)cc(-c3ncc4c(N5CC6CCC(C5)N6)nc(OC[C@@]56CC[C@@H](COC(=O)N(C)CCC(=O)Nc7ccc8c(c7)C(=O)N(C7CCC(=O)NC7=O)C8=O)N5CC(=C)C6)nc4c3F)c12. The van der Waals surface area contributed by atoms with Crippen molar-refractivity contribution in [3.8, 4) is 35.4 Å². The Morgan fingerprint density at radius 1 is 1.01 bits per heavy atom. The van der Waals surface area contributed by atoms with E-state index in [1.54, 1.807) is 0 Å². The van der Waals surface area contributed by atoms with Gasteiger partial charge in [0, 0.05) is 87.0 Å². The van der Waals surface area contributed by atoms with Gasteiger partial charge in [-0.05, 0) is 80.3 Å². The molecule has 6 aliphatic heterocycles. The number of hydrogen-bond acceptors (Lipinski definition) is 15. The third kappa shape index (κ3) is 8.56. The van der Waals surface area contributed by atoms with Gasteiger partial charge in [0.15, 0.2) is 5.82 Å². The normalized spacial score (nSPS) is 23.3. The van der Waals surface area contributed by atoms with Crippen LogP contribution in [0.25, 0.3) is 32.9 Å². The summed E-state index contributed by atoms with van der Waals surface area (Å²) in [5.74, 6) is -1.91. The van der Waals surface area contributed by atoms with Crippen LogP contribution in [0.3, 0.4) is 0 Å². The molecule has 2 bridgehead atoms. The predicted molar refractivity (Wildman–Crippen MR) is 264 cm³/mol. The van der Waals surface area contributed by atoms with Crippen molar-refractivity contribution in [1.29, 1.82) is 0 Å². The lowest BCUT2D eigenvalue weighted by Gasteiger charge is -2.35. The van der Waals surface area contributed by atoms with Crippen molar-refractivity contribution in [3.63, 3.8) is 0 Å². The van der Waals surface area contributed by atoms with E-state index in [1.165, 1.54) is 60.6 Å². The Bertz CT molecular complexity index is 3320. The molecule has 5 fully saturated rings. The highest BCUT2D eigenvalue weighted by molar-refractivity contribution is 6.24. The highest BCUT2D eigenvalue weighted by Gasteiger charge is 2.52. The summed E-state index contributed by atoms with van der Waals surface area (Å²) in [6.45, 7) is 6.19. The second-order valence-corrected chi connectivity index (χ2v) is 20.0. The van der Waals surface area contributed by atoms with Crippen molar-refractivity contribution < 1.29 is 52.1 Å². The minimum absolute atomic E-state index is 0.00463. The number of carbonyl (C=O) groups is 6. The molecule has 2 aromatic heterocycles. The summed E-state index contributed by atoms with van der Waals surface area (Å²) in [6.07, 6.45) is 10.3. The molecular weight excluding hydrogens is 959 g/mol. The third-order valence-electron chi connectivity index (χ3n) is 15.2. The van der Waals surface area contributed by atoms with Crippen LogP contribution in [0, 0.1) is 24.0 Å². The zero-order chi connectivity index (χ0) is 51.7. The number of nitrogens with zero attached hydrogens (tertiary/aromatic N) is 7. The number of anilines is 2. The van der Waals surface area contributed by atoms with Gasteiger partial charge in [-0.15, -0.1) is 6.42 Å². The van der Waals surface area contributed by atoms with E-state index in [4.69, 9.17) is 20.9 Å². The molecule has 0 saturated carbocycles. The van der Waals surface area contributed by atoms with Crippen LogP contribution in [-0.2, 0) is 19.1 Å². The maximum absolute atomic E-state index is 17.2. The molecule has 0 radical (unpaired) electrons. The molecule has 5 atom stereocenters. The number of aromatic nitrogens is 3. The molecule has 6 amide bonds. The van der Waals surface area contributed by atoms with Crippen LogP contribution in [-0.4, -0.2) is 147 Å². The largest absolute Gasteiger partial charge is 0.508 e. The Labute approximate surface area is 422 Å². The molecule has 0 aliphatic carbocycles. The quantitative estimate of drug-likeness (QED) is 0.0749. The van der Waals surface area contributed by atoms with Gasteiger partial charge in [0.1, 0.15) is 47.9 Å². The lowest BCUT2D eigenvalue weighted by atomic mass is 9.94. The van der Waals surface area contributed by atoms with Gasteiger partial charge in [0.2, 0.25) is 17.7 Å². The summed E-state index contributed by atoms with van der Waals surface area (Å²) in [5.41, 5.74) is 0.449. The van der Waals surface area contributed by atoms with Crippen molar-refractivity contribution >= 4 is 68.8 Å². The monoisotopic (exact) mass is 1010 g/mol. The molecule has 3 unspecified atom stereocenters. The topological polar surface area (TPSA) is 229 Å². The number of hydrogen-bond donors (Lipinski definition) is 4. The van der Waals surface area contributed by atoms with E-state index in [0.29, 0.717) is 55.5 Å². The smallest absolute Gasteiger partial charge is 0.409 e. The first kappa shape index (κ1) is 48.2. The van der Waals surface area contributed by atoms with Gasteiger partial charge in [0.25, 0.3) is 11.8 Å². The van der Waals surface area contributed by atoms with Gasteiger partial charge in [0.05, 0.1) is 27.6 Å². The molecule has 19 nitrogen and oxygen atoms in total. The van der Waals surface area contributed by atoms with E-state index in [0.717, 1.165) is 23.3 Å². The fourth-order valence-corrected chi connectivity index (χ4v) is 11.6. The molecule has 21 heteroatoms. The Balaban J connectivity index is 0.756. The number of pyridine rings is 1. The molecule has 3 aromatic carbocycles. The van der Waals surface area contributed by atoms with Gasteiger partial charge in [-0.3, -0.25) is 44.1 Å². The zero-order valence-corrected chi connectivity index (χ0v) is 40.2. The highest BCUT2D eigenvalue weighted by atomic mass is 19.1.